The molecule has 0 unspecified atom stereocenters. The third-order valence-electron chi connectivity index (χ3n) is 5.05. The van der Waals surface area contributed by atoms with Gasteiger partial charge in [0.1, 0.15) is 0 Å². The fourth-order valence-corrected chi connectivity index (χ4v) is 3.37. The normalized spacial score (nSPS) is 16.2. The molecule has 0 bridgehead atoms. The van der Waals surface area contributed by atoms with Crippen molar-refractivity contribution in [2.24, 2.45) is 10.4 Å². The molecule has 0 spiro atoms. The van der Waals surface area contributed by atoms with Crippen molar-refractivity contribution in [2.45, 2.75) is 58.8 Å². The summed E-state index contributed by atoms with van der Waals surface area (Å²) in [5.74, 6) is 0.857. The highest BCUT2D eigenvalue weighted by Crippen LogP contribution is 2.40. The lowest BCUT2D eigenvalue weighted by atomic mass is 9.83. The van der Waals surface area contributed by atoms with E-state index in [-0.39, 0.29) is 24.0 Å². The summed E-state index contributed by atoms with van der Waals surface area (Å²) in [4.78, 5) is 4.33. The van der Waals surface area contributed by atoms with Crippen molar-refractivity contribution in [1.82, 2.24) is 10.6 Å². The van der Waals surface area contributed by atoms with Gasteiger partial charge >= 0.3 is 0 Å². The first-order valence-electron chi connectivity index (χ1n) is 10.4. The maximum Gasteiger partial charge on any atom is 0.191 e. The Hall–Kier alpha value is -0.120. The Morgan fingerprint density at radius 1 is 0.926 bits per heavy atom. The Balaban J connectivity index is 0.00000676. The van der Waals surface area contributed by atoms with E-state index in [9.17, 15) is 0 Å². The van der Waals surface area contributed by atoms with Crippen LogP contribution in [0.3, 0.4) is 0 Å². The number of nitrogens with zero attached hydrogens (tertiary/aromatic N) is 1. The number of halogens is 1. The summed E-state index contributed by atoms with van der Waals surface area (Å²) in [6.07, 6.45) is 8.64. The zero-order valence-corrected chi connectivity index (χ0v) is 20.0. The van der Waals surface area contributed by atoms with E-state index in [0.717, 1.165) is 51.7 Å². The minimum Gasteiger partial charge on any atom is -0.382 e. The van der Waals surface area contributed by atoms with Gasteiger partial charge in [0, 0.05) is 40.0 Å². The van der Waals surface area contributed by atoms with Gasteiger partial charge in [-0.3, -0.25) is 4.99 Å². The van der Waals surface area contributed by atoms with Crippen molar-refractivity contribution in [3.8, 4) is 0 Å². The van der Waals surface area contributed by atoms with E-state index in [1.54, 1.807) is 0 Å². The molecular formula is C20H42IN3O3. The molecule has 0 atom stereocenters. The third-order valence-corrected chi connectivity index (χ3v) is 5.05. The molecule has 0 radical (unpaired) electrons. The second-order valence-corrected chi connectivity index (χ2v) is 7.08. The largest absolute Gasteiger partial charge is 0.382 e. The Morgan fingerprint density at radius 3 is 2.26 bits per heavy atom. The first-order chi connectivity index (χ1) is 12.8. The zero-order valence-electron chi connectivity index (χ0n) is 17.7. The fourth-order valence-electron chi connectivity index (χ4n) is 3.37. The molecule has 1 saturated carbocycles. The van der Waals surface area contributed by atoms with Crippen LogP contribution in [0.15, 0.2) is 4.99 Å². The van der Waals surface area contributed by atoms with Gasteiger partial charge in [-0.15, -0.1) is 24.0 Å². The van der Waals surface area contributed by atoms with E-state index in [0.29, 0.717) is 25.2 Å². The lowest BCUT2D eigenvalue weighted by Gasteiger charge is -2.30. The van der Waals surface area contributed by atoms with Gasteiger partial charge < -0.3 is 24.8 Å². The summed E-state index contributed by atoms with van der Waals surface area (Å²) in [6, 6.07) is 0. The number of nitrogens with one attached hydrogen (secondary N) is 2. The summed E-state index contributed by atoms with van der Waals surface area (Å²) < 4.78 is 16.6. The highest BCUT2D eigenvalue weighted by Gasteiger charge is 2.33. The molecule has 6 nitrogen and oxygen atoms in total. The molecule has 1 fully saturated rings. The fraction of sp³-hybridized carbons (Fsp3) is 0.950. The number of unbranched alkanes of at least 4 members (excludes halogenated alkanes) is 1. The third kappa shape index (κ3) is 12.9. The second-order valence-electron chi connectivity index (χ2n) is 7.08. The number of ether oxygens (including phenoxy) is 3. The van der Waals surface area contributed by atoms with Crippen molar-refractivity contribution in [3.63, 3.8) is 0 Å². The number of hydrogen-bond acceptors (Lipinski definition) is 4. The quantitative estimate of drug-likeness (QED) is 0.156. The van der Waals surface area contributed by atoms with Crippen LogP contribution in [0.1, 0.15) is 58.8 Å². The predicted molar refractivity (Wildman–Crippen MR) is 123 cm³/mol. The van der Waals surface area contributed by atoms with Crippen LogP contribution >= 0.6 is 24.0 Å². The molecule has 0 heterocycles. The number of guanidine groups is 1. The predicted octanol–water partition coefficient (Wildman–Crippen LogP) is 3.59. The summed E-state index contributed by atoms with van der Waals surface area (Å²) in [5.41, 5.74) is 0.360. The highest BCUT2D eigenvalue weighted by molar-refractivity contribution is 14.0. The average molecular weight is 499 g/mol. The molecular weight excluding hydrogens is 457 g/mol. The molecule has 1 aliphatic carbocycles. The lowest BCUT2D eigenvalue weighted by Crippen LogP contribution is -2.44. The molecule has 1 aliphatic rings. The lowest BCUT2D eigenvalue weighted by molar-refractivity contribution is 0.0487. The minimum atomic E-state index is 0. The van der Waals surface area contributed by atoms with Crippen LogP contribution in [0.5, 0.6) is 0 Å². The topological polar surface area (TPSA) is 64.1 Å². The first-order valence-corrected chi connectivity index (χ1v) is 10.4. The van der Waals surface area contributed by atoms with Gasteiger partial charge in [0.05, 0.1) is 19.8 Å². The Morgan fingerprint density at radius 2 is 1.63 bits per heavy atom. The Labute approximate surface area is 183 Å². The Kier molecular flexibility index (Phi) is 17.9. The van der Waals surface area contributed by atoms with Crippen LogP contribution in [-0.2, 0) is 14.2 Å². The van der Waals surface area contributed by atoms with Gasteiger partial charge in [0.25, 0.3) is 0 Å². The zero-order chi connectivity index (χ0) is 18.9. The number of rotatable bonds is 15. The molecule has 162 valence electrons. The Bertz CT molecular complexity index is 364. The molecule has 0 amide bonds. The molecule has 0 aromatic rings. The average Bonchev–Trinajstić information content (AvgIpc) is 3.12. The van der Waals surface area contributed by atoms with E-state index in [2.05, 4.69) is 29.5 Å². The van der Waals surface area contributed by atoms with Gasteiger partial charge in [-0.05, 0) is 38.0 Å². The smallest absolute Gasteiger partial charge is 0.191 e. The maximum atomic E-state index is 5.59. The van der Waals surface area contributed by atoms with E-state index in [1.165, 1.54) is 32.1 Å². The van der Waals surface area contributed by atoms with E-state index < -0.39 is 0 Å². The van der Waals surface area contributed by atoms with Crippen molar-refractivity contribution >= 4 is 29.9 Å². The van der Waals surface area contributed by atoms with E-state index >= 15 is 0 Å². The molecule has 7 heteroatoms. The van der Waals surface area contributed by atoms with E-state index in [1.807, 2.05) is 7.05 Å². The standard InChI is InChI=1S/C20H41N3O3.HI/c1-4-6-13-25-16-17-26-15-12-22-19(21-3)23-18-20(9-7-8-10-20)11-14-24-5-2;/h4-18H2,1-3H3,(H2,21,22,23);1H. The van der Waals surface area contributed by atoms with Crippen LogP contribution in [0.25, 0.3) is 0 Å². The van der Waals surface area contributed by atoms with Crippen molar-refractivity contribution in [1.29, 1.82) is 0 Å². The van der Waals surface area contributed by atoms with Crippen molar-refractivity contribution in [3.05, 3.63) is 0 Å². The van der Waals surface area contributed by atoms with Gasteiger partial charge in [-0.1, -0.05) is 26.2 Å². The van der Waals surface area contributed by atoms with Crippen molar-refractivity contribution < 1.29 is 14.2 Å². The molecule has 0 aromatic carbocycles. The van der Waals surface area contributed by atoms with Crippen molar-refractivity contribution in [2.75, 3.05) is 59.8 Å². The number of aliphatic imine (C=N–C) groups is 1. The van der Waals surface area contributed by atoms with Crippen LogP contribution in [0.4, 0.5) is 0 Å². The molecule has 0 aromatic heterocycles. The molecule has 0 aliphatic heterocycles. The van der Waals surface area contributed by atoms with Gasteiger partial charge in [0.15, 0.2) is 5.96 Å². The first kappa shape index (κ1) is 26.9. The van der Waals surface area contributed by atoms with Gasteiger partial charge in [-0.2, -0.15) is 0 Å². The van der Waals surface area contributed by atoms with Crippen LogP contribution in [-0.4, -0.2) is 65.7 Å². The second kappa shape index (κ2) is 17.9. The maximum absolute atomic E-state index is 5.59. The van der Waals surface area contributed by atoms with Gasteiger partial charge in [-0.25, -0.2) is 0 Å². The highest BCUT2D eigenvalue weighted by atomic mass is 127. The SMILES string of the molecule is CCCCOCCOCCNC(=NC)NCC1(CCOCC)CCCC1.I. The van der Waals surface area contributed by atoms with Crippen LogP contribution in [0, 0.1) is 5.41 Å². The summed E-state index contributed by atoms with van der Waals surface area (Å²) in [5, 5.41) is 6.84. The molecule has 0 saturated heterocycles. The molecule has 2 N–H and O–H groups in total. The van der Waals surface area contributed by atoms with Crippen LogP contribution < -0.4 is 10.6 Å². The summed E-state index contributed by atoms with van der Waals surface area (Å²) in [7, 11) is 1.82. The minimum absolute atomic E-state index is 0. The summed E-state index contributed by atoms with van der Waals surface area (Å²) >= 11 is 0. The van der Waals surface area contributed by atoms with Crippen LogP contribution in [0.2, 0.25) is 0 Å². The number of hydrogen-bond donors (Lipinski definition) is 2. The molecule has 1 rings (SSSR count). The molecule has 27 heavy (non-hydrogen) atoms. The van der Waals surface area contributed by atoms with Gasteiger partial charge in [0.2, 0.25) is 0 Å². The van der Waals surface area contributed by atoms with E-state index in [4.69, 9.17) is 14.2 Å². The monoisotopic (exact) mass is 499 g/mol. The summed E-state index contributed by atoms with van der Waals surface area (Å²) in [6.45, 7) is 10.4.